The van der Waals surface area contributed by atoms with E-state index in [2.05, 4.69) is 12.2 Å². The summed E-state index contributed by atoms with van der Waals surface area (Å²) in [6.45, 7) is 2.20. The molecule has 0 saturated heterocycles. The Kier molecular flexibility index (Phi) is 6.47. The molecular formula is C14H23NO3. The summed E-state index contributed by atoms with van der Waals surface area (Å²) < 4.78 is 0. The van der Waals surface area contributed by atoms with E-state index in [-0.39, 0.29) is 11.3 Å². The number of hydrogen-bond donors (Lipinski definition) is 2. The van der Waals surface area contributed by atoms with Gasteiger partial charge in [-0.05, 0) is 12.8 Å². The molecule has 18 heavy (non-hydrogen) atoms. The van der Waals surface area contributed by atoms with Gasteiger partial charge in [0, 0.05) is 0 Å². The Hall–Kier alpha value is -1.32. The molecule has 1 rings (SSSR count). The van der Waals surface area contributed by atoms with E-state index in [4.69, 9.17) is 0 Å². The maximum Gasteiger partial charge on any atom is 0.293 e. The highest BCUT2D eigenvalue weighted by Gasteiger charge is 2.28. The number of unbranched alkanes of at least 4 members (excludes halogenated alkanes) is 7. The molecule has 1 aliphatic rings. The molecule has 4 nitrogen and oxygen atoms in total. The predicted molar refractivity (Wildman–Crippen MR) is 70.0 cm³/mol. The Morgan fingerprint density at radius 1 is 0.889 bits per heavy atom. The standard InChI is InChI=1S/C14H23NO3/c1-2-3-4-5-6-7-8-9-10-11-12(16)14(18)15-13(11)17/h2-10H2,1H3,(H2,15,16,17,18). The lowest BCUT2D eigenvalue weighted by atomic mass is 10.0. The summed E-state index contributed by atoms with van der Waals surface area (Å²) in [5.41, 5.74) is 0.256. The van der Waals surface area contributed by atoms with Crippen LogP contribution in [0.5, 0.6) is 0 Å². The fourth-order valence-corrected chi connectivity index (χ4v) is 2.15. The molecule has 0 fully saturated rings. The predicted octanol–water partition coefficient (Wildman–Crippen LogP) is 2.99. The number of nitrogens with one attached hydrogen (secondary N) is 1. The van der Waals surface area contributed by atoms with Crippen molar-refractivity contribution in [2.75, 3.05) is 0 Å². The fraction of sp³-hybridized carbons (Fsp3) is 0.714. The smallest absolute Gasteiger partial charge is 0.293 e. The minimum absolute atomic E-state index is 0.256. The van der Waals surface area contributed by atoms with Crippen molar-refractivity contribution < 1.29 is 14.7 Å². The molecule has 4 heteroatoms. The lowest BCUT2D eigenvalue weighted by Gasteiger charge is -2.02. The molecule has 1 heterocycles. The Balaban J connectivity index is 2.08. The summed E-state index contributed by atoms with van der Waals surface area (Å²) in [5.74, 6) is -1.47. The first-order valence-electron chi connectivity index (χ1n) is 6.94. The average molecular weight is 253 g/mol. The second-order valence-corrected chi connectivity index (χ2v) is 4.84. The first-order valence-corrected chi connectivity index (χ1v) is 6.94. The summed E-state index contributed by atoms with van der Waals surface area (Å²) in [6, 6.07) is 0. The van der Waals surface area contributed by atoms with E-state index >= 15 is 0 Å². The van der Waals surface area contributed by atoms with Crippen molar-refractivity contribution in [3.63, 3.8) is 0 Å². The zero-order chi connectivity index (χ0) is 13.4. The van der Waals surface area contributed by atoms with E-state index in [1.165, 1.54) is 32.1 Å². The van der Waals surface area contributed by atoms with Crippen LogP contribution < -0.4 is 5.32 Å². The van der Waals surface area contributed by atoms with Gasteiger partial charge in [-0.2, -0.15) is 0 Å². The Bertz CT molecular complexity index is 334. The molecular weight excluding hydrogens is 230 g/mol. The van der Waals surface area contributed by atoms with Crippen LogP contribution in [0.15, 0.2) is 11.3 Å². The van der Waals surface area contributed by atoms with Crippen LogP contribution in [-0.2, 0) is 9.59 Å². The lowest BCUT2D eigenvalue weighted by molar-refractivity contribution is -0.125. The first-order chi connectivity index (χ1) is 8.66. The Labute approximate surface area is 108 Å². The topological polar surface area (TPSA) is 66.4 Å². The van der Waals surface area contributed by atoms with Gasteiger partial charge < -0.3 is 5.11 Å². The minimum Gasteiger partial charge on any atom is -0.503 e. The number of hydrogen-bond acceptors (Lipinski definition) is 3. The van der Waals surface area contributed by atoms with Gasteiger partial charge in [0.05, 0.1) is 5.57 Å². The number of aliphatic hydroxyl groups excluding tert-OH is 1. The summed E-state index contributed by atoms with van der Waals surface area (Å²) in [6.07, 6.45) is 9.94. The summed E-state index contributed by atoms with van der Waals surface area (Å²) >= 11 is 0. The van der Waals surface area contributed by atoms with E-state index in [9.17, 15) is 14.7 Å². The van der Waals surface area contributed by atoms with Crippen LogP contribution in [0.3, 0.4) is 0 Å². The molecule has 0 aromatic carbocycles. The minimum atomic E-state index is -0.658. The van der Waals surface area contributed by atoms with Crippen molar-refractivity contribution in [2.45, 2.75) is 64.7 Å². The van der Waals surface area contributed by atoms with Crippen molar-refractivity contribution in [2.24, 2.45) is 0 Å². The second-order valence-electron chi connectivity index (χ2n) is 4.84. The molecule has 0 saturated carbocycles. The molecule has 0 unspecified atom stereocenters. The van der Waals surface area contributed by atoms with E-state index < -0.39 is 11.8 Å². The number of imide groups is 1. The SMILES string of the molecule is CCCCCCCCCCC1=C(O)C(=O)NC1=O. The van der Waals surface area contributed by atoms with E-state index in [0.717, 1.165) is 19.3 Å². The monoisotopic (exact) mass is 253 g/mol. The van der Waals surface area contributed by atoms with Gasteiger partial charge in [-0.15, -0.1) is 0 Å². The second kappa shape index (κ2) is 7.90. The fourth-order valence-electron chi connectivity index (χ4n) is 2.15. The molecule has 0 aliphatic carbocycles. The highest BCUT2D eigenvalue weighted by molar-refractivity contribution is 6.18. The number of amides is 2. The number of aliphatic hydroxyl groups is 1. The van der Waals surface area contributed by atoms with Crippen LogP contribution in [0.2, 0.25) is 0 Å². The van der Waals surface area contributed by atoms with Crippen LogP contribution in [-0.4, -0.2) is 16.9 Å². The normalized spacial score (nSPS) is 15.4. The highest BCUT2D eigenvalue weighted by atomic mass is 16.3. The van der Waals surface area contributed by atoms with Gasteiger partial charge in [0.1, 0.15) is 0 Å². The molecule has 102 valence electrons. The lowest BCUT2D eigenvalue weighted by Crippen LogP contribution is -2.23. The van der Waals surface area contributed by atoms with Crippen molar-refractivity contribution in [1.29, 1.82) is 0 Å². The third kappa shape index (κ3) is 4.51. The van der Waals surface area contributed by atoms with Crippen LogP contribution in [0.1, 0.15) is 64.7 Å². The van der Waals surface area contributed by atoms with Gasteiger partial charge >= 0.3 is 0 Å². The van der Waals surface area contributed by atoms with Gasteiger partial charge in [0.2, 0.25) is 0 Å². The van der Waals surface area contributed by atoms with E-state index in [1.807, 2.05) is 0 Å². The summed E-state index contributed by atoms with van der Waals surface area (Å²) in [4.78, 5) is 22.3. The zero-order valence-corrected chi connectivity index (χ0v) is 11.1. The number of carbonyl (C=O) groups is 2. The van der Waals surface area contributed by atoms with Gasteiger partial charge in [-0.3, -0.25) is 14.9 Å². The molecule has 0 radical (unpaired) electrons. The third-order valence-corrected chi connectivity index (χ3v) is 3.28. The molecule has 2 amide bonds. The van der Waals surface area contributed by atoms with E-state index in [1.54, 1.807) is 0 Å². The Morgan fingerprint density at radius 2 is 1.44 bits per heavy atom. The van der Waals surface area contributed by atoms with Crippen LogP contribution in [0.25, 0.3) is 0 Å². The van der Waals surface area contributed by atoms with Crippen molar-refractivity contribution in [3.05, 3.63) is 11.3 Å². The summed E-state index contributed by atoms with van der Waals surface area (Å²) in [7, 11) is 0. The van der Waals surface area contributed by atoms with Gasteiger partial charge in [-0.1, -0.05) is 51.9 Å². The molecule has 2 N–H and O–H groups in total. The maximum absolute atomic E-state index is 11.3. The van der Waals surface area contributed by atoms with Gasteiger partial charge in [0.25, 0.3) is 11.8 Å². The van der Waals surface area contributed by atoms with Crippen molar-refractivity contribution in [1.82, 2.24) is 5.32 Å². The quantitative estimate of drug-likeness (QED) is 0.490. The third-order valence-electron chi connectivity index (χ3n) is 3.28. The van der Waals surface area contributed by atoms with Crippen molar-refractivity contribution >= 4 is 11.8 Å². The van der Waals surface area contributed by atoms with E-state index in [0.29, 0.717) is 6.42 Å². The molecule has 0 atom stereocenters. The molecule has 0 spiro atoms. The van der Waals surface area contributed by atoms with Crippen molar-refractivity contribution in [3.8, 4) is 0 Å². The average Bonchev–Trinajstić information content (AvgIpc) is 2.58. The summed E-state index contributed by atoms with van der Waals surface area (Å²) in [5, 5.41) is 11.5. The molecule has 0 aromatic heterocycles. The molecule has 0 bridgehead atoms. The maximum atomic E-state index is 11.3. The molecule has 1 aliphatic heterocycles. The number of rotatable bonds is 9. The highest BCUT2D eigenvalue weighted by Crippen LogP contribution is 2.18. The van der Waals surface area contributed by atoms with Gasteiger partial charge in [-0.25, -0.2) is 0 Å². The number of carbonyl (C=O) groups excluding carboxylic acids is 2. The van der Waals surface area contributed by atoms with Crippen LogP contribution in [0.4, 0.5) is 0 Å². The van der Waals surface area contributed by atoms with Crippen LogP contribution in [0, 0.1) is 0 Å². The Morgan fingerprint density at radius 3 is 1.94 bits per heavy atom. The zero-order valence-electron chi connectivity index (χ0n) is 11.1. The first kappa shape index (κ1) is 14.7. The molecule has 0 aromatic rings. The van der Waals surface area contributed by atoms with Gasteiger partial charge in [0.15, 0.2) is 5.76 Å². The van der Waals surface area contributed by atoms with Crippen LogP contribution >= 0.6 is 0 Å². The largest absolute Gasteiger partial charge is 0.503 e.